The van der Waals surface area contributed by atoms with Gasteiger partial charge in [-0.3, -0.25) is 0 Å². The summed E-state index contributed by atoms with van der Waals surface area (Å²) >= 11 is 0. The molecule has 0 unspecified atom stereocenters. The minimum atomic E-state index is -0.319. The maximum absolute atomic E-state index is 5.65. The maximum atomic E-state index is 5.65. The first-order valence-corrected chi connectivity index (χ1v) is 2.87. The van der Waals surface area contributed by atoms with Crippen LogP contribution in [0.15, 0.2) is 0 Å². The average molecular weight is 117 g/mol. The molecule has 0 radical (unpaired) electrons. The Morgan fingerprint density at radius 1 is 1.25 bits per heavy atom. The van der Waals surface area contributed by atoms with E-state index < -0.39 is 0 Å². The van der Waals surface area contributed by atoms with E-state index in [0.29, 0.717) is 13.1 Å². The van der Waals surface area contributed by atoms with Crippen LogP contribution in [0.25, 0.3) is 0 Å². The second kappa shape index (κ2) is 3.02. The Hall–Kier alpha value is -0.120. The first-order valence-electron chi connectivity index (χ1n) is 2.87. The van der Waals surface area contributed by atoms with Crippen LogP contribution in [-0.4, -0.2) is 18.6 Å². The van der Waals surface area contributed by atoms with Gasteiger partial charge < -0.3 is 17.2 Å². The molecule has 0 fully saturated rings. The third-order valence-electron chi connectivity index (χ3n) is 1.52. The lowest BCUT2D eigenvalue weighted by atomic mass is 9.99. The average Bonchev–Trinajstić information content (AvgIpc) is 1.87. The maximum Gasteiger partial charge on any atom is 0.0400 e. The van der Waals surface area contributed by atoms with Crippen LogP contribution in [-0.2, 0) is 0 Å². The van der Waals surface area contributed by atoms with Crippen LogP contribution in [0.3, 0.4) is 0 Å². The molecule has 6 N–H and O–H groups in total. The SMILES string of the molecule is CCC(N)(CN)CN. The predicted molar refractivity (Wildman–Crippen MR) is 35.3 cm³/mol. The van der Waals surface area contributed by atoms with Crippen molar-refractivity contribution in [3.05, 3.63) is 0 Å². The molecule has 0 amide bonds. The van der Waals surface area contributed by atoms with E-state index in [-0.39, 0.29) is 5.54 Å². The van der Waals surface area contributed by atoms with Crippen molar-refractivity contribution in [2.24, 2.45) is 17.2 Å². The minimum absolute atomic E-state index is 0.319. The van der Waals surface area contributed by atoms with E-state index >= 15 is 0 Å². The molecule has 0 aliphatic heterocycles. The lowest BCUT2D eigenvalue weighted by Gasteiger charge is -2.23. The van der Waals surface area contributed by atoms with Crippen molar-refractivity contribution in [3.8, 4) is 0 Å². The molecule has 0 bridgehead atoms. The summed E-state index contributed by atoms with van der Waals surface area (Å²) in [6.45, 7) is 2.93. The molecular weight excluding hydrogens is 102 g/mol. The highest BCUT2D eigenvalue weighted by Gasteiger charge is 2.16. The zero-order valence-corrected chi connectivity index (χ0v) is 5.35. The second-order valence-corrected chi connectivity index (χ2v) is 2.12. The van der Waals surface area contributed by atoms with E-state index in [9.17, 15) is 0 Å². The van der Waals surface area contributed by atoms with Crippen LogP contribution < -0.4 is 17.2 Å². The molecule has 3 nitrogen and oxygen atoms in total. The highest BCUT2D eigenvalue weighted by Crippen LogP contribution is 1.98. The van der Waals surface area contributed by atoms with Gasteiger partial charge in [0.25, 0.3) is 0 Å². The molecule has 0 aromatic carbocycles. The number of hydrogen-bond acceptors (Lipinski definition) is 3. The van der Waals surface area contributed by atoms with Crippen molar-refractivity contribution >= 4 is 0 Å². The summed E-state index contributed by atoms with van der Waals surface area (Å²) in [4.78, 5) is 0. The zero-order valence-electron chi connectivity index (χ0n) is 5.35. The summed E-state index contributed by atoms with van der Waals surface area (Å²) in [5.41, 5.74) is 16.0. The van der Waals surface area contributed by atoms with Gasteiger partial charge in [-0.15, -0.1) is 0 Å². The van der Waals surface area contributed by atoms with Crippen molar-refractivity contribution < 1.29 is 0 Å². The van der Waals surface area contributed by atoms with Crippen LogP contribution in [0.2, 0.25) is 0 Å². The van der Waals surface area contributed by atoms with Gasteiger partial charge in [-0.25, -0.2) is 0 Å². The number of hydrogen-bond donors (Lipinski definition) is 3. The van der Waals surface area contributed by atoms with Gasteiger partial charge in [0, 0.05) is 18.6 Å². The summed E-state index contributed by atoms with van der Waals surface area (Å²) in [6.07, 6.45) is 0.847. The molecule has 0 rings (SSSR count). The highest BCUT2D eigenvalue weighted by molar-refractivity contribution is 4.83. The van der Waals surface area contributed by atoms with Gasteiger partial charge in [0.15, 0.2) is 0 Å². The third kappa shape index (κ3) is 1.78. The zero-order chi connectivity index (χ0) is 6.62. The minimum Gasteiger partial charge on any atom is -0.329 e. The lowest BCUT2D eigenvalue weighted by molar-refractivity contribution is 0.432. The van der Waals surface area contributed by atoms with Crippen molar-refractivity contribution in [1.82, 2.24) is 0 Å². The standard InChI is InChI=1S/C5H15N3/c1-2-5(8,3-6)4-7/h2-4,6-8H2,1H3. The van der Waals surface area contributed by atoms with Gasteiger partial charge >= 0.3 is 0 Å². The Balaban J connectivity index is 3.58. The highest BCUT2D eigenvalue weighted by atomic mass is 14.8. The fraction of sp³-hybridized carbons (Fsp3) is 1.00. The van der Waals surface area contributed by atoms with Gasteiger partial charge in [0.05, 0.1) is 0 Å². The summed E-state index contributed by atoms with van der Waals surface area (Å²) in [6, 6.07) is 0. The Labute approximate surface area is 50.2 Å². The van der Waals surface area contributed by atoms with E-state index in [2.05, 4.69) is 0 Å². The third-order valence-corrected chi connectivity index (χ3v) is 1.52. The van der Waals surface area contributed by atoms with Gasteiger partial charge in [-0.1, -0.05) is 6.92 Å². The van der Waals surface area contributed by atoms with Crippen LogP contribution in [0, 0.1) is 0 Å². The van der Waals surface area contributed by atoms with E-state index in [0.717, 1.165) is 6.42 Å². The summed E-state index contributed by atoms with van der Waals surface area (Å²) < 4.78 is 0. The fourth-order valence-corrected chi connectivity index (χ4v) is 0.372. The van der Waals surface area contributed by atoms with Gasteiger partial charge in [-0.2, -0.15) is 0 Å². The van der Waals surface area contributed by atoms with Crippen molar-refractivity contribution in [2.75, 3.05) is 13.1 Å². The molecule has 0 spiro atoms. The largest absolute Gasteiger partial charge is 0.329 e. The molecule has 50 valence electrons. The molecule has 3 heteroatoms. The van der Waals surface area contributed by atoms with Gasteiger partial charge in [-0.05, 0) is 6.42 Å². The Bertz CT molecular complexity index is 50.4. The first kappa shape index (κ1) is 7.88. The van der Waals surface area contributed by atoms with Gasteiger partial charge in [0.2, 0.25) is 0 Å². The molecule has 0 aromatic rings. The smallest absolute Gasteiger partial charge is 0.0400 e. The Morgan fingerprint density at radius 3 is 1.62 bits per heavy atom. The monoisotopic (exact) mass is 117 g/mol. The topological polar surface area (TPSA) is 78.1 Å². The summed E-state index contributed by atoms with van der Waals surface area (Å²) in [5.74, 6) is 0. The molecular formula is C5H15N3. The van der Waals surface area contributed by atoms with Crippen molar-refractivity contribution in [1.29, 1.82) is 0 Å². The van der Waals surface area contributed by atoms with E-state index in [1.807, 2.05) is 6.92 Å². The fourth-order valence-electron chi connectivity index (χ4n) is 0.372. The quantitative estimate of drug-likeness (QED) is 0.444. The lowest BCUT2D eigenvalue weighted by Crippen LogP contribution is -2.52. The molecule has 0 aliphatic carbocycles. The Morgan fingerprint density at radius 2 is 1.62 bits per heavy atom. The molecule has 8 heavy (non-hydrogen) atoms. The van der Waals surface area contributed by atoms with Gasteiger partial charge in [0.1, 0.15) is 0 Å². The molecule has 0 aromatic heterocycles. The normalized spacial score (nSPS) is 12.0. The molecule has 0 saturated heterocycles. The molecule has 0 aliphatic rings. The number of rotatable bonds is 3. The van der Waals surface area contributed by atoms with Crippen LogP contribution >= 0.6 is 0 Å². The van der Waals surface area contributed by atoms with E-state index in [1.165, 1.54) is 0 Å². The molecule has 0 saturated carbocycles. The first-order chi connectivity index (χ1) is 3.68. The Kier molecular flexibility index (Phi) is 2.97. The summed E-state index contributed by atoms with van der Waals surface area (Å²) in [5, 5.41) is 0. The predicted octanol–water partition coefficient (Wildman–Crippen LogP) is -0.989. The van der Waals surface area contributed by atoms with Crippen LogP contribution in [0.4, 0.5) is 0 Å². The van der Waals surface area contributed by atoms with E-state index in [4.69, 9.17) is 17.2 Å². The second-order valence-electron chi connectivity index (χ2n) is 2.12. The van der Waals surface area contributed by atoms with Crippen molar-refractivity contribution in [3.63, 3.8) is 0 Å². The van der Waals surface area contributed by atoms with Crippen LogP contribution in [0.1, 0.15) is 13.3 Å². The summed E-state index contributed by atoms with van der Waals surface area (Å²) in [7, 11) is 0. The number of nitrogens with two attached hydrogens (primary N) is 3. The van der Waals surface area contributed by atoms with E-state index in [1.54, 1.807) is 0 Å². The molecule has 0 heterocycles. The van der Waals surface area contributed by atoms with Crippen molar-refractivity contribution in [2.45, 2.75) is 18.9 Å². The molecule has 0 atom stereocenters. The van der Waals surface area contributed by atoms with Crippen LogP contribution in [0.5, 0.6) is 0 Å².